The average Bonchev–Trinajstić information content (AvgIpc) is 3.99. The Hall–Kier alpha value is -7.42. The molecule has 0 saturated carbocycles. The summed E-state index contributed by atoms with van der Waals surface area (Å²) in [6.07, 6.45) is 0. The largest absolute Gasteiger partial charge is 0.309 e. The first kappa shape index (κ1) is 26.3. The molecule has 0 N–H and O–H groups in total. The molecule has 2 nitrogen and oxygen atoms in total. The molecule has 310 valence electrons. The van der Waals surface area contributed by atoms with Crippen LogP contribution < -0.4 is 0 Å². The summed E-state index contributed by atoms with van der Waals surface area (Å²) < 4.78 is 137. The van der Waals surface area contributed by atoms with Crippen LogP contribution in [0.2, 0.25) is 0 Å². The van der Waals surface area contributed by atoms with Crippen LogP contribution in [0.25, 0.3) is 99.5 Å². The number of hydrogen-bond donors (Lipinski definition) is 0. The van der Waals surface area contributed by atoms with Crippen molar-refractivity contribution in [3.8, 4) is 55.9 Å². The van der Waals surface area contributed by atoms with E-state index in [0.29, 0.717) is 11.3 Å². The highest BCUT2D eigenvalue weighted by atomic mass is 15.0. The van der Waals surface area contributed by atoms with Crippen LogP contribution in [0.5, 0.6) is 0 Å². The molecule has 64 heavy (non-hydrogen) atoms. The van der Waals surface area contributed by atoms with Crippen molar-refractivity contribution in [2.24, 2.45) is 0 Å². The average molecular weight is 840 g/mol. The lowest BCUT2D eigenvalue weighted by atomic mass is 9.84. The number of hydrogen-bond acceptors (Lipinski definition) is 0. The van der Waals surface area contributed by atoms with E-state index in [2.05, 4.69) is 111 Å². The summed E-state index contributed by atoms with van der Waals surface area (Å²) in [6.45, 7) is 13.3. The van der Waals surface area contributed by atoms with Gasteiger partial charge in [0.05, 0.1) is 42.6 Å². The van der Waals surface area contributed by atoms with Crippen molar-refractivity contribution in [3.63, 3.8) is 0 Å². The third kappa shape index (κ3) is 6.73. The molecule has 0 aliphatic rings. The third-order valence-electron chi connectivity index (χ3n) is 12.3. The molecule has 11 rings (SSSR count). The van der Waals surface area contributed by atoms with Gasteiger partial charge in [0.25, 0.3) is 0 Å². The highest BCUT2D eigenvalue weighted by Crippen LogP contribution is 2.45. The lowest BCUT2D eigenvalue weighted by Gasteiger charge is -2.20. The molecule has 0 amide bonds. The second kappa shape index (κ2) is 15.1. The Labute approximate surface area is 397 Å². The van der Waals surface area contributed by atoms with E-state index in [0.717, 1.165) is 49.3 Å². The summed E-state index contributed by atoms with van der Waals surface area (Å²) in [5, 5.41) is 4.19. The Bertz CT molecular complexity index is 4210. The highest BCUT2D eigenvalue weighted by molar-refractivity contribution is 6.13. The van der Waals surface area contributed by atoms with Crippen molar-refractivity contribution in [1.29, 1.82) is 0 Å². The summed E-state index contributed by atoms with van der Waals surface area (Å²) in [6, 6.07) is 28.0. The minimum Gasteiger partial charge on any atom is -0.309 e. The van der Waals surface area contributed by atoms with Gasteiger partial charge in [-0.2, -0.15) is 0 Å². The quantitative estimate of drug-likeness (QED) is 0.158. The molecule has 0 radical (unpaired) electrons. The maximum absolute atomic E-state index is 9.31. The second-order valence-corrected chi connectivity index (χ2v) is 18.3. The van der Waals surface area contributed by atoms with E-state index in [9.17, 15) is 5.48 Å². The monoisotopic (exact) mass is 840 g/mol. The van der Waals surface area contributed by atoms with Gasteiger partial charge >= 0.3 is 0 Å². The second-order valence-electron chi connectivity index (χ2n) is 18.3. The van der Waals surface area contributed by atoms with Gasteiger partial charge in [0.15, 0.2) is 0 Å². The fraction of sp³-hybridized carbons (Fsp3) is 0.129. The van der Waals surface area contributed by atoms with Crippen LogP contribution in [0, 0.1) is 0 Å². The van der Waals surface area contributed by atoms with Crippen molar-refractivity contribution in [3.05, 3.63) is 217 Å². The molecule has 0 fully saturated rings. The Morgan fingerprint density at radius 3 is 1.33 bits per heavy atom. The van der Waals surface area contributed by atoms with E-state index in [4.69, 9.17) is 15.1 Å². The molecule has 9 aromatic carbocycles. The Morgan fingerprint density at radius 2 is 0.797 bits per heavy atom. The molecule has 0 aliphatic carbocycles. The first-order valence-electron chi connectivity index (χ1n) is 28.9. The van der Waals surface area contributed by atoms with Gasteiger partial charge in [-0.3, -0.25) is 0 Å². The van der Waals surface area contributed by atoms with Gasteiger partial charge in [-0.25, -0.2) is 0 Å². The fourth-order valence-electron chi connectivity index (χ4n) is 9.07. The van der Waals surface area contributed by atoms with Crippen LogP contribution in [0.1, 0.15) is 73.2 Å². The van der Waals surface area contributed by atoms with Crippen LogP contribution in [0.15, 0.2) is 206 Å². The van der Waals surface area contributed by atoms with Gasteiger partial charge in [0.2, 0.25) is 0 Å². The van der Waals surface area contributed by atoms with E-state index in [1.54, 1.807) is 12.1 Å². The van der Waals surface area contributed by atoms with E-state index >= 15 is 0 Å². The van der Waals surface area contributed by atoms with Crippen molar-refractivity contribution < 1.29 is 20.6 Å². The van der Waals surface area contributed by atoms with E-state index in [-0.39, 0.29) is 49.8 Å². The molecule has 2 aromatic heterocycles. The topological polar surface area (TPSA) is 9.86 Å². The van der Waals surface area contributed by atoms with Crippen LogP contribution >= 0.6 is 0 Å². The highest BCUT2D eigenvalue weighted by Gasteiger charge is 2.23. The summed E-state index contributed by atoms with van der Waals surface area (Å²) in [5.74, 6) is 0. The van der Waals surface area contributed by atoms with Gasteiger partial charge in [0.1, 0.15) is 0 Å². The molecule has 2 heteroatoms. The minimum atomic E-state index is -0.678. The molecule has 0 unspecified atom stereocenters. The number of nitrogens with zero attached hydrogens (tertiary/aromatic N) is 2. The number of aromatic nitrogens is 2. The zero-order valence-corrected chi connectivity index (χ0v) is 36.4. The summed E-state index contributed by atoms with van der Waals surface area (Å²) >= 11 is 0. The predicted octanol–water partition coefficient (Wildman–Crippen LogP) is 17.1. The number of rotatable bonds is 6. The van der Waals surface area contributed by atoms with Crippen molar-refractivity contribution in [2.45, 2.75) is 52.4 Å². The Morgan fingerprint density at radius 1 is 0.344 bits per heavy atom. The standard InChI is InChI=1S/C62H52N2/c1-61(2,3)46-29-32-57-53(38-46)54-39-47(62(4,5)6)30-33-58(54)64(57)49-31-34-59-55(40-49)50-27-16-17-28-56(50)63(59)48-26-18-25-44(35-48)60-51(42-21-12-8-13-22-42)36-45(41-19-10-7-11-20-41)37-52(60)43-23-14-9-15-24-43/h7-40H,1-6H3/i7D,8D,9D,10D,11D,12D,13D,14D,15D,19D,20D,21D,22D,23D,24D. The normalized spacial score (nSPS) is 15.5. The molecule has 0 atom stereocenters. The maximum Gasteiger partial charge on any atom is 0.0629 e. The van der Waals surface area contributed by atoms with Crippen molar-refractivity contribution in [1.82, 2.24) is 9.13 Å². The number of para-hydroxylation sites is 1. The van der Waals surface area contributed by atoms with Crippen LogP contribution in [-0.2, 0) is 10.8 Å². The lowest BCUT2D eigenvalue weighted by Crippen LogP contribution is -2.10. The van der Waals surface area contributed by atoms with E-state index in [1.807, 2.05) is 30.3 Å². The van der Waals surface area contributed by atoms with Crippen LogP contribution in [0.3, 0.4) is 0 Å². The molecule has 0 spiro atoms. The molecule has 0 bridgehead atoms. The van der Waals surface area contributed by atoms with Gasteiger partial charge in [-0.15, -0.1) is 0 Å². The molecule has 11 aromatic rings. The first-order chi connectivity index (χ1) is 37.2. The Kier molecular flexibility index (Phi) is 6.21. The van der Waals surface area contributed by atoms with Gasteiger partial charge in [-0.1, -0.05) is 175 Å². The summed E-state index contributed by atoms with van der Waals surface area (Å²) in [7, 11) is 0. The van der Waals surface area contributed by atoms with Gasteiger partial charge < -0.3 is 9.13 Å². The van der Waals surface area contributed by atoms with E-state index in [1.165, 1.54) is 23.3 Å². The van der Waals surface area contributed by atoms with Gasteiger partial charge in [-0.05, 0) is 139 Å². The van der Waals surface area contributed by atoms with E-state index < -0.39 is 90.6 Å². The smallest absolute Gasteiger partial charge is 0.0629 e. The minimum absolute atomic E-state index is 0.0805. The SMILES string of the molecule is [2H]c1c([2H])c([2H])c(-c2cc(-c3c([2H])c([2H])c([2H])c([2H])c3[2H])c(-c3cccc(-n4c5ccccc5c5cc(-n6c7ccc(C(C)(C)C)cc7c7cc(C(C)(C)C)ccc76)ccc54)c3)c(-c3c([2H])c([2H])c([2H])c([2H])c3[2H])c2)c([2H])c1[2H]. The van der Waals surface area contributed by atoms with Crippen molar-refractivity contribution >= 4 is 43.6 Å². The molecule has 0 aliphatic heterocycles. The zero-order chi connectivity index (χ0) is 56.8. The molecule has 2 heterocycles. The fourth-order valence-corrected chi connectivity index (χ4v) is 9.07. The predicted molar refractivity (Wildman–Crippen MR) is 274 cm³/mol. The first-order valence-corrected chi connectivity index (χ1v) is 21.4. The summed E-state index contributed by atoms with van der Waals surface area (Å²) in [4.78, 5) is 0. The zero-order valence-electron chi connectivity index (χ0n) is 51.4. The molecule has 0 saturated heterocycles. The van der Waals surface area contributed by atoms with Crippen LogP contribution in [-0.4, -0.2) is 9.13 Å². The molecular weight excluding hydrogens is 773 g/mol. The van der Waals surface area contributed by atoms with Crippen LogP contribution in [0.4, 0.5) is 0 Å². The number of fused-ring (bicyclic) bond motifs is 6. The lowest BCUT2D eigenvalue weighted by molar-refractivity contribution is 0.590. The third-order valence-corrected chi connectivity index (χ3v) is 12.3. The number of benzene rings is 9. The Balaban J connectivity index is 1.22. The van der Waals surface area contributed by atoms with Crippen molar-refractivity contribution in [2.75, 3.05) is 0 Å². The summed E-state index contributed by atoms with van der Waals surface area (Å²) in [5.41, 5.74) is 6.87. The molecular formula is C62H52N2. The maximum atomic E-state index is 9.31. The van der Waals surface area contributed by atoms with Gasteiger partial charge in [0, 0.05) is 32.9 Å².